The van der Waals surface area contributed by atoms with Crippen molar-refractivity contribution in [3.05, 3.63) is 82.9 Å². The average molecular weight is 493 g/mol. The fourth-order valence-corrected chi connectivity index (χ4v) is 9.15. The van der Waals surface area contributed by atoms with Gasteiger partial charge in [-0.15, -0.1) is 0 Å². The lowest BCUT2D eigenvalue weighted by molar-refractivity contribution is -0.130. The van der Waals surface area contributed by atoms with Crippen LogP contribution < -0.4 is 0 Å². The highest BCUT2D eigenvalue weighted by atomic mass is 16.1. The van der Waals surface area contributed by atoms with Crippen molar-refractivity contribution in [3.8, 4) is 0 Å². The van der Waals surface area contributed by atoms with Crippen LogP contribution in [0.1, 0.15) is 84.3 Å². The number of ketones is 2. The van der Waals surface area contributed by atoms with Crippen molar-refractivity contribution in [2.45, 2.75) is 73.1 Å². The zero-order valence-corrected chi connectivity index (χ0v) is 23.1. The second-order valence-corrected chi connectivity index (χ2v) is 13.6. The number of benzene rings is 2. The van der Waals surface area contributed by atoms with Gasteiger partial charge in [0.05, 0.1) is 5.41 Å². The lowest BCUT2D eigenvalue weighted by Crippen LogP contribution is -2.43. The summed E-state index contributed by atoms with van der Waals surface area (Å²) in [5.74, 6) is 1.14. The molecule has 4 saturated carbocycles. The second kappa shape index (κ2) is 7.88. The third-order valence-corrected chi connectivity index (χ3v) is 12.1. The van der Waals surface area contributed by atoms with E-state index in [1.165, 1.54) is 5.57 Å². The maximum atomic E-state index is 14.6. The van der Waals surface area contributed by atoms with Crippen molar-refractivity contribution in [2.75, 3.05) is 0 Å². The lowest BCUT2D eigenvalue weighted by Gasteiger charge is -2.45. The molecule has 37 heavy (non-hydrogen) atoms. The molecule has 4 aliphatic carbocycles. The van der Waals surface area contributed by atoms with Crippen molar-refractivity contribution in [1.29, 1.82) is 0 Å². The predicted octanol–water partition coefficient (Wildman–Crippen LogP) is 8.33. The van der Waals surface area contributed by atoms with E-state index in [9.17, 15) is 9.59 Å². The zero-order valence-electron chi connectivity index (χ0n) is 23.1. The van der Waals surface area contributed by atoms with Gasteiger partial charge in [-0.05, 0) is 66.1 Å². The van der Waals surface area contributed by atoms with Crippen LogP contribution >= 0.6 is 0 Å². The Balaban J connectivity index is 1.51. The fraction of sp³-hybridized carbons (Fsp3) is 0.486. The van der Waals surface area contributed by atoms with Gasteiger partial charge in [-0.2, -0.15) is 0 Å². The first-order valence-corrected chi connectivity index (χ1v) is 14.1. The monoisotopic (exact) mass is 492 g/mol. The fourth-order valence-electron chi connectivity index (χ4n) is 9.15. The van der Waals surface area contributed by atoms with E-state index in [1.54, 1.807) is 0 Å². The molecule has 2 aromatic carbocycles. The maximum Gasteiger partial charge on any atom is 0.166 e. The molecule has 6 rings (SSSR count). The van der Waals surface area contributed by atoms with E-state index in [1.807, 2.05) is 24.3 Å². The molecule has 192 valence electrons. The van der Waals surface area contributed by atoms with Crippen LogP contribution in [0.25, 0.3) is 12.2 Å². The quantitative estimate of drug-likeness (QED) is 0.393. The highest BCUT2D eigenvalue weighted by Crippen LogP contribution is 2.76. The smallest absolute Gasteiger partial charge is 0.166 e. The molecule has 0 saturated heterocycles. The van der Waals surface area contributed by atoms with Gasteiger partial charge in [-0.3, -0.25) is 9.59 Å². The van der Waals surface area contributed by atoms with Gasteiger partial charge >= 0.3 is 0 Å². The average Bonchev–Trinajstić information content (AvgIpc) is 3.37. The van der Waals surface area contributed by atoms with Crippen molar-refractivity contribution in [1.82, 2.24) is 0 Å². The Morgan fingerprint density at radius 1 is 0.838 bits per heavy atom. The third-order valence-electron chi connectivity index (χ3n) is 12.1. The Labute approximate surface area is 222 Å². The molecule has 0 spiro atoms. The molecule has 0 N–H and O–H groups in total. The molecule has 2 nitrogen and oxygen atoms in total. The summed E-state index contributed by atoms with van der Waals surface area (Å²) in [6, 6.07) is 20.7. The van der Waals surface area contributed by atoms with Gasteiger partial charge in [0.15, 0.2) is 5.78 Å². The molecule has 0 radical (unpaired) electrons. The molecule has 0 aliphatic heterocycles. The van der Waals surface area contributed by atoms with Crippen LogP contribution in [0.3, 0.4) is 0 Å². The van der Waals surface area contributed by atoms with Crippen LogP contribution in [-0.4, -0.2) is 11.6 Å². The van der Waals surface area contributed by atoms with Gasteiger partial charge in [0.1, 0.15) is 5.78 Å². The molecule has 4 fully saturated rings. The molecule has 4 atom stereocenters. The number of carbonyl (C=O) groups is 2. The van der Waals surface area contributed by atoms with Crippen molar-refractivity contribution in [2.24, 2.45) is 33.0 Å². The minimum absolute atomic E-state index is 0.0856. The number of rotatable bonds is 5. The molecule has 2 aromatic rings. The van der Waals surface area contributed by atoms with Crippen LogP contribution in [0, 0.1) is 33.0 Å². The van der Waals surface area contributed by atoms with E-state index in [-0.39, 0.29) is 16.2 Å². The summed E-state index contributed by atoms with van der Waals surface area (Å²) < 4.78 is 0. The van der Waals surface area contributed by atoms with Crippen LogP contribution in [-0.2, 0) is 9.59 Å². The summed E-state index contributed by atoms with van der Waals surface area (Å²) in [4.78, 5) is 28.4. The molecule has 4 aliphatic rings. The molecule has 0 amide bonds. The predicted molar refractivity (Wildman–Crippen MR) is 151 cm³/mol. The van der Waals surface area contributed by atoms with Gasteiger partial charge in [0, 0.05) is 22.8 Å². The first-order valence-electron chi connectivity index (χ1n) is 14.1. The maximum absolute atomic E-state index is 14.6. The standard InChI is InChI=1S/C35H40O2/c1-31(2)26-16-17-35(31,29(36)22-26)27(20-24-12-8-6-9-13-24)23-34-19-18-33(5,32(34,3)4)28(30(34)37)21-25-14-10-7-11-15-25/h6-15,20-21,26H,16-19,22-23H2,1-5H3. The van der Waals surface area contributed by atoms with Crippen LogP contribution in [0.4, 0.5) is 0 Å². The van der Waals surface area contributed by atoms with Gasteiger partial charge in [0.25, 0.3) is 0 Å². The normalized spacial score (nSPS) is 36.6. The highest BCUT2D eigenvalue weighted by Gasteiger charge is 2.74. The summed E-state index contributed by atoms with van der Waals surface area (Å²) in [6.45, 7) is 11.6. The Morgan fingerprint density at radius 2 is 1.46 bits per heavy atom. The molecule has 4 bridgehead atoms. The summed E-state index contributed by atoms with van der Waals surface area (Å²) in [5.41, 5.74) is 2.99. The number of fused-ring (bicyclic) bond motifs is 4. The summed E-state index contributed by atoms with van der Waals surface area (Å²) in [7, 11) is 0. The SMILES string of the molecule is CC12CCC(CC(=Cc3ccccc3)C34CCC(CC3=O)C4(C)C)(C(=O)C1=Cc1ccccc1)C2(C)C. The Hall–Kier alpha value is -2.74. The number of Topliss-reactive ketones (excluding diaryl/α,β-unsaturated/α-hetero) is 2. The van der Waals surface area contributed by atoms with Crippen LogP contribution in [0.15, 0.2) is 71.8 Å². The summed E-state index contributed by atoms with van der Waals surface area (Å²) in [6.07, 6.45) is 9.72. The molecule has 2 heteroatoms. The van der Waals surface area contributed by atoms with Gasteiger partial charge in [-0.1, -0.05) is 107 Å². The van der Waals surface area contributed by atoms with E-state index in [4.69, 9.17) is 0 Å². The number of allylic oxidation sites excluding steroid dienone is 2. The van der Waals surface area contributed by atoms with E-state index in [2.05, 4.69) is 83.2 Å². The van der Waals surface area contributed by atoms with Crippen LogP contribution in [0.5, 0.6) is 0 Å². The first kappa shape index (κ1) is 24.6. The van der Waals surface area contributed by atoms with Crippen molar-refractivity contribution >= 4 is 23.7 Å². The molecule has 0 aromatic heterocycles. The van der Waals surface area contributed by atoms with E-state index >= 15 is 0 Å². The summed E-state index contributed by atoms with van der Waals surface area (Å²) in [5, 5.41) is 0. The Morgan fingerprint density at radius 3 is 2.03 bits per heavy atom. The van der Waals surface area contributed by atoms with Gasteiger partial charge in [-0.25, -0.2) is 0 Å². The first-order chi connectivity index (χ1) is 17.5. The lowest BCUT2D eigenvalue weighted by atomic mass is 9.56. The highest BCUT2D eigenvalue weighted by molar-refractivity contribution is 6.09. The van der Waals surface area contributed by atoms with Crippen molar-refractivity contribution in [3.63, 3.8) is 0 Å². The van der Waals surface area contributed by atoms with Gasteiger partial charge in [0.2, 0.25) is 0 Å². The topological polar surface area (TPSA) is 34.1 Å². The molecule has 4 unspecified atom stereocenters. The number of hydrogen-bond donors (Lipinski definition) is 0. The zero-order chi connectivity index (χ0) is 26.3. The number of hydrogen-bond acceptors (Lipinski definition) is 2. The van der Waals surface area contributed by atoms with E-state index < -0.39 is 10.8 Å². The van der Waals surface area contributed by atoms with E-state index in [0.717, 1.165) is 42.4 Å². The van der Waals surface area contributed by atoms with Gasteiger partial charge < -0.3 is 0 Å². The van der Waals surface area contributed by atoms with E-state index in [0.29, 0.717) is 30.3 Å². The van der Waals surface area contributed by atoms with Crippen LogP contribution in [0.2, 0.25) is 0 Å². The molecular formula is C35H40O2. The Bertz CT molecular complexity index is 1330. The molecule has 0 heterocycles. The minimum atomic E-state index is -0.491. The minimum Gasteiger partial charge on any atom is -0.299 e. The summed E-state index contributed by atoms with van der Waals surface area (Å²) >= 11 is 0. The second-order valence-electron chi connectivity index (χ2n) is 13.6. The Kier molecular flexibility index (Phi) is 5.24. The number of carbonyl (C=O) groups excluding carboxylic acids is 2. The van der Waals surface area contributed by atoms with Crippen molar-refractivity contribution < 1.29 is 9.59 Å². The third kappa shape index (κ3) is 2.99. The largest absolute Gasteiger partial charge is 0.299 e. The molecular weight excluding hydrogens is 452 g/mol.